The summed E-state index contributed by atoms with van der Waals surface area (Å²) in [6.07, 6.45) is 0.387. The standard InChI is InChI=1S/C13H19N3O3.ClH/c1-9(17)15-11-8-10(4-5-12(11)19-3)16-13(18)6-7-14-2;/h4-5,8,14H,6-7H2,1-3H3,(H,15,17)(H,16,18);1H. The van der Waals surface area contributed by atoms with E-state index in [9.17, 15) is 9.59 Å². The Balaban J connectivity index is 0.00000361. The minimum Gasteiger partial charge on any atom is -0.495 e. The van der Waals surface area contributed by atoms with Gasteiger partial charge in [-0.05, 0) is 25.2 Å². The minimum absolute atomic E-state index is 0. The summed E-state index contributed by atoms with van der Waals surface area (Å²) in [5.41, 5.74) is 1.15. The van der Waals surface area contributed by atoms with Gasteiger partial charge in [0.15, 0.2) is 0 Å². The number of hydrogen-bond acceptors (Lipinski definition) is 4. The van der Waals surface area contributed by atoms with Crippen LogP contribution >= 0.6 is 12.4 Å². The van der Waals surface area contributed by atoms with Crippen molar-refractivity contribution in [3.05, 3.63) is 18.2 Å². The zero-order chi connectivity index (χ0) is 14.3. The molecule has 0 heterocycles. The Morgan fingerprint density at radius 3 is 2.50 bits per heavy atom. The quantitative estimate of drug-likeness (QED) is 0.746. The summed E-state index contributed by atoms with van der Waals surface area (Å²) >= 11 is 0. The average Bonchev–Trinajstić information content (AvgIpc) is 2.36. The van der Waals surface area contributed by atoms with E-state index in [1.807, 2.05) is 0 Å². The Hall–Kier alpha value is -1.79. The van der Waals surface area contributed by atoms with Crippen LogP contribution in [0.2, 0.25) is 0 Å². The van der Waals surface area contributed by atoms with Crippen LogP contribution in [-0.4, -0.2) is 32.5 Å². The van der Waals surface area contributed by atoms with Crippen molar-refractivity contribution in [1.82, 2.24) is 5.32 Å². The van der Waals surface area contributed by atoms with Gasteiger partial charge in [-0.25, -0.2) is 0 Å². The van der Waals surface area contributed by atoms with Crippen molar-refractivity contribution in [1.29, 1.82) is 0 Å². The number of hydrogen-bond donors (Lipinski definition) is 3. The highest BCUT2D eigenvalue weighted by molar-refractivity contribution is 5.94. The smallest absolute Gasteiger partial charge is 0.225 e. The second-order valence-electron chi connectivity index (χ2n) is 4.00. The highest BCUT2D eigenvalue weighted by Gasteiger charge is 2.08. The second-order valence-corrected chi connectivity index (χ2v) is 4.00. The maximum atomic E-state index is 11.6. The Morgan fingerprint density at radius 2 is 1.95 bits per heavy atom. The summed E-state index contributed by atoms with van der Waals surface area (Å²) < 4.78 is 5.13. The fourth-order valence-electron chi connectivity index (χ4n) is 1.54. The zero-order valence-corrected chi connectivity index (χ0v) is 12.6. The van der Waals surface area contributed by atoms with Crippen molar-refractivity contribution >= 4 is 35.6 Å². The lowest BCUT2D eigenvalue weighted by Gasteiger charge is -2.11. The summed E-state index contributed by atoms with van der Waals surface area (Å²) in [7, 11) is 3.31. The monoisotopic (exact) mass is 301 g/mol. The molecule has 1 aromatic carbocycles. The first-order valence-corrected chi connectivity index (χ1v) is 5.97. The lowest BCUT2D eigenvalue weighted by Crippen LogP contribution is -2.18. The molecule has 0 unspecified atom stereocenters. The number of amides is 2. The second kappa shape index (κ2) is 9.17. The topological polar surface area (TPSA) is 79.5 Å². The molecule has 1 aromatic rings. The number of carbonyl (C=O) groups is 2. The molecule has 0 aliphatic heterocycles. The molecule has 0 saturated heterocycles. The molecule has 0 aliphatic rings. The lowest BCUT2D eigenvalue weighted by molar-refractivity contribution is -0.116. The lowest BCUT2D eigenvalue weighted by atomic mass is 10.2. The Bertz CT molecular complexity index is 466. The van der Waals surface area contributed by atoms with Crippen molar-refractivity contribution in [3.8, 4) is 5.75 Å². The molecule has 0 atom stereocenters. The highest BCUT2D eigenvalue weighted by atomic mass is 35.5. The molecule has 0 aliphatic carbocycles. The maximum Gasteiger partial charge on any atom is 0.225 e. The molecule has 2 amide bonds. The van der Waals surface area contributed by atoms with Gasteiger partial charge in [0.05, 0.1) is 12.8 Å². The van der Waals surface area contributed by atoms with Gasteiger partial charge in [0.25, 0.3) is 0 Å². The number of benzene rings is 1. The molecule has 6 nitrogen and oxygen atoms in total. The summed E-state index contributed by atoms with van der Waals surface area (Å²) in [6.45, 7) is 2.03. The number of nitrogens with one attached hydrogen (secondary N) is 3. The van der Waals surface area contributed by atoms with Crippen LogP contribution in [-0.2, 0) is 9.59 Å². The predicted octanol–water partition coefficient (Wildman–Crippen LogP) is 1.62. The van der Waals surface area contributed by atoms with E-state index >= 15 is 0 Å². The van der Waals surface area contributed by atoms with Crippen LogP contribution in [0.4, 0.5) is 11.4 Å². The first-order valence-electron chi connectivity index (χ1n) is 5.97. The van der Waals surface area contributed by atoms with Gasteiger partial charge < -0.3 is 20.7 Å². The fourth-order valence-corrected chi connectivity index (χ4v) is 1.54. The van der Waals surface area contributed by atoms with Crippen LogP contribution in [0.15, 0.2) is 18.2 Å². The van der Waals surface area contributed by atoms with E-state index in [0.717, 1.165) is 0 Å². The molecule has 7 heteroatoms. The van der Waals surface area contributed by atoms with Crippen molar-refractivity contribution in [2.45, 2.75) is 13.3 Å². The predicted molar refractivity (Wildman–Crippen MR) is 81.7 cm³/mol. The third-order valence-electron chi connectivity index (χ3n) is 2.40. The summed E-state index contributed by atoms with van der Waals surface area (Å²) in [5, 5.41) is 8.31. The fraction of sp³-hybridized carbons (Fsp3) is 0.385. The normalized spacial score (nSPS) is 9.35. The molecule has 0 saturated carbocycles. The first-order chi connectivity index (χ1) is 9.06. The van der Waals surface area contributed by atoms with E-state index in [2.05, 4.69) is 16.0 Å². The van der Waals surface area contributed by atoms with Crippen molar-refractivity contribution < 1.29 is 14.3 Å². The molecule has 1 rings (SSSR count). The summed E-state index contributed by atoms with van der Waals surface area (Å²) in [4.78, 5) is 22.7. The van der Waals surface area contributed by atoms with Gasteiger partial charge >= 0.3 is 0 Å². The highest BCUT2D eigenvalue weighted by Crippen LogP contribution is 2.27. The molecule has 20 heavy (non-hydrogen) atoms. The van der Waals surface area contributed by atoms with Gasteiger partial charge in [-0.1, -0.05) is 0 Å². The average molecular weight is 302 g/mol. The Morgan fingerprint density at radius 1 is 1.25 bits per heavy atom. The molecule has 0 aromatic heterocycles. The number of anilines is 2. The number of halogens is 1. The number of carbonyl (C=O) groups excluding carboxylic acids is 2. The van der Waals surface area contributed by atoms with E-state index in [1.165, 1.54) is 14.0 Å². The van der Waals surface area contributed by atoms with Crippen LogP contribution in [0.5, 0.6) is 5.75 Å². The van der Waals surface area contributed by atoms with Gasteiger partial charge in [0.1, 0.15) is 5.75 Å². The first kappa shape index (κ1) is 18.2. The van der Waals surface area contributed by atoms with Crippen molar-refractivity contribution in [2.24, 2.45) is 0 Å². The van der Waals surface area contributed by atoms with Gasteiger partial charge in [0, 0.05) is 25.6 Å². The van der Waals surface area contributed by atoms with E-state index in [0.29, 0.717) is 30.1 Å². The maximum absolute atomic E-state index is 11.6. The van der Waals surface area contributed by atoms with E-state index in [1.54, 1.807) is 25.2 Å². The SMILES string of the molecule is CNCCC(=O)Nc1ccc(OC)c(NC(C)=O)c1.Cl. The minimum atomic E-state index is -0.197. The number of ether oxygens (including phenoxy) is 1. The van der Waals surface area contributed by atoms with Gasteiger partial charge in [-0.3, -0.25) is 9.59 Å². The van der Waals surface area contributed by atoms with Crippen LogP contribution in [0.1, 0.15) is 13.3 Å². The van der Waals surface area contributed by atoms with Gasteiger partial charge in [-0.2, -0.15) is 0 Å². The number of methoxy groups -OCH3 is 1. The third-order valence-corrected chi connectivity index (χ3v) is 2.40. The van der Waals surface area contributed by atoms with E-state index in [-0.39, 0.29) is 24.2 Å². The van der Waals surface area contributed by atoms with Crippen molar-refractivity contribution in [2.75, 3.05) is 31.3 Å². The molecule has 0 spiro atoms. The molecule has 0 fully saturated rings. The zero-order valence-electron chi connectivity index (χ0n) is 11.8. The van der Waals surface area contributed by atoms with E-state index < -0.39 is 0 Å². The summed E-state index contributed by atoms with van der Waals surface area (Å²) in [6, 6.07) is 5.08. The molecule has 0 bridgehead atoms. The van der Waals surface area contributed by atoms with E-state index in [4.69, 9.17) is 4.74 Å². The van der Waals surface area contributed by atoms with Gasteiger partial charge in [0.2, 0.25) is 11.8 Å². The van der Waals surface area contributed by atoms with Crippen LogP contribution < -0.4 is 20.7 Å². The largest absolute Gasteiger partial charge is 0.495 e. The van der Waals surface area contributed by atoms with Crippen LogP contribution in [0, 0.1) is 0 Å². The van der Waals surface area contributed by atoms with Crippen molar-refractivity contribution in [3.63, 3.8) is 0 Å². The van der Waals surface area contributed by atoms with Gasteiger partial charge in [-0.15, -0.1) is 12.4 Å². The Kier molecular flexibility index (Phi) is 8.35. The summed E-state index contributed by atoms with van der Waals surface area (Å²) in [5.74, 6) is 0.258. The number of rotatable bonds is 6. The third kappa shape index (κ3) is 5.90. The molecular weight excluding hydrogens is 282 g/mol. The molecule has 0 radical (unpaired) electrons. The van der Waals surface area contributed by atoms with Crippen LogP contribution in [0.3, 0.4) is 0 Å². The molecular formula is C13H20ClN3O3. The molecule has 112 valence electrons. The molecule has 3 N–H and O–H groups in total. The Labute approximate surface area is 124 Å². The van der Waals surface area contributed by atoms with Crippen LogP contribution in [0.25, 0.3) is 0 Å².